The Labute approximate surface area is 118 Å². The molecule has 4 heteroatoms. The highest BCUT2D eigenvalue weighted by Crippen LogP contribution is 2.22. The number of aromatic nitrogens is 1. The van der Waals surface area contributed by atoms with Crippen molar-refractivity contribution >= 4 is 17.3 Å². The summed E-state index contributed by atoms with van der Waals surface area (Å²) in [5.74, 6) is 1.50. The van der Waals surface area contributed by atoms with Crippen LogP contribution in [0.5, 0.6) is 0 Å². The molecular weight excluding hydrogens is 236 g/mol. The first-order chi connectivity index (χ1) is 9.08. The molecular formula is C15H30N4. The fourth-order valence-electron chi connectivity index (χ4n) is 1.84. The van der Waals surface area contributed by atoms with Crippen LogP contribution in [0.2, 0.25) is 0 Å². The molecule has 0 bridgehead atoms. The molecule has 1 heterocycles. The van der Waals surface area contributed by atoms with Gasteiger partial charge in [0.2, 0.25) is 0 Å². The van der Waals surface area contributed by atoms with Crippen molar-refractivity contribution in [1.82, 2.24) is 4.98 Å². The molecule has 1 rings (SSSR count). The third-order valence-electron chi connectivity index (χ3n) is 2.63. The monoisotopic (exact) mass is 266 g/mol. The lowest BCUT2D eigenvalue weighted by Crippen LogP contribution is -2.25. The van der Waals surface area contributed by atoms with E-state index in [1.165, 1.54) is 5.69 Å². The fraction of sp³-hybridized carbons (Fsp3) is 0.667. The summed E-state index contributed by atoms with van der Waals surface area (Å²) in [5.41, 5.74) is 7.03. The lowest BCUT2D eigenvalue weighted by atomic mass is 10.2. The van der Waals surface area contributed by atoms with Crippen molar-refractivity contribution in [3.63, 3.8) is 0 Å². The molecule has 4 nitrogen and oxygen atoms in total. The standard InChI is InChI=1S/C13H24N4.C2H6/c1-5-7-17(8-6-2)11-9-12(14)15-13(10-11)16(3)4;1-2/h9-10H,5-8H2,1-4H3,(H2,14,15);1-2H3. The summed E-state index contributed by atoms with van der Waals surface area (Å²) in [7, 11) is 3.96. The van der Waals surface area contributed by atoms with E-state index in [1.807, 2.05) is 38.9 Å². The Balaban J connectivity index is 0.00000154. The van der Waals surface area contributed by atoms with E-state index in [0.717, 1.165) is 31.7 Å². The smallest absolute Gasteiger partial charge is 0.132 e. The normalized spacial score (nSPS) is 9.58. The molecule has 1 aromatic heterocycles. The van der Waals surface area contributed by atoms with Gasteiger partial charge in [0.05, 0.1) is 0 Å². The predicted molar refractivity (Wildman–Crippen MR) is 87.1 cm³/mol. The second kappa shape index (κ2) is 9.48. The molecule has 2 N–H and O–H groups in total. The number of rotatable bonds is 6. The van der Waals surface area contributed by atoms with Gasteiger partial charge in [-0.25, -0.2) is 4.98 Å². The van der Waals surface area contributed by atoms with E-state index in [0.29, 0.717) is 5.82 Å². The first-order valence-corrected chi connectivity index (χ1v) is 7.28. The molecule has 110 valence electrons. The maximum absolute atomic E-state index is 5.86. The third kappa shape index (κ3) is 5.81. The number of pyridine rings is 1. The minimum absolute atomic E-state index is 0.586. The molecule has 0 aliphatic heterocycles. The second-order valence-corrected chi connectivity index (χ2v) is 4.49. The molecule has 1 aromatic rings. The van der Waals surface area contributed by atoms with Crippen LogP contribution >= 0.6 is 0 Å². The maximum Gasteiger partial charge on any atom is 0.132 e. The Morgan fingerprint density at radius 2 is 1.58 bits per heavy atom. The van der Waals surface area contributed by atoms with Gasteiger partial charge in [0.1, 0.15) is 11.6 Å². The van der Waals surface area contributed by atoms with Crippen molar-refractivity contribution in [2.75, 3.05) is 42.7 Å². The van der Waals surface area contributed by atoms with Gasteiger partial charge in [-0.3, -0.25) is 0 Å². The van der Waals surface area contributed by atoms with Crippen LogP contribution in [0.4, 0.5) is 17.3 Å². The number of hydrogen-bond donors (Lipinski definition) is 1. The highest BCUT2D eigenvalue weighted by atomic mass is 15.2. The van der Waals surface area contributed by atoms with Crippen LogP contribution in [0, 0.1) is 0 Å². The molecule has 19 heavy (non-hydrogen) atoms. The topological polar surface area (TPSA) is 45.4 Å². The average molecular weight is 266 g/mol. The molecule has 0 radical (unpaired) electrons. The van der Waals surface area contributed by atoms with Crippen LogP contribution < -0.4 is 15.5 Å². The van der Waals surface area contributed by atoms with Gasteiger partial charge in [-0.05, 0) is 12.8 Å². The minimum atomic E-state index is 0.586. The molecule has 0 unspecified atom stereocenters. The third-order valence-corrected chi connectivity index (χ3v) is 2.63. The second-order valence-electron chi connectivity index (χ2n) is 4.49. The quantitative estimate of drug-likeness (QED) is 0.857. The van der Waals surface area contributed by atoms with Gasteiger partial charge in [0.15, 0.2) is 0 Å². The summed E-state index contributed by atoms with van der Waals surface area (Å²) in [6, 6.07) is 4.06. The zero-order chi connectivity index (χ0) is 14.8. The Morgan fingerprint density at radius 1 is 1.05 bits per heavy atom. The van der Waals surface area contributed by atoms with E-state index < -0.39 is 0 Å². The van der Waals surface area contributed by atoms with Crippen LogP contribution in [0.25, 0.3) is 0 Å². The SMILES string of the molecule is CC.CCCN(CCC)c1cc(N)nc(N(C)C)c1. The maximum atomic E-state index is 5.86. The number of anilines is 3. The van der Waals surface area contributed by atoms with Crippen LogP contribution in [0.15, 0.2) is 12.1 Å². The van der Waals surface area contributed by atoms with Gasteiger partial charge in [-0.2, -0.15) is 0 Å². The van der Waals surface area contributed by atoms with Gasteiger partial charge in [-0.1, -0.05) is 27.7 Å². The zero-order valence-corrected chi connectivity index (χ0v) is 13.4. The minimum Gasteiger partial charge on any atom is -0.384 e. The van der Waals surface area contributed by atoms with E-state index in [9.17, 15) is 0 Å². The molecule has 0 amide bonds. The summed E-state index contributed by atoms with van der Waals surface area (Å²) in [6.45, 7) is 10.5. The van der Waals surface area contributed by atoms with E-state index in [-0.39, 0.29) is 0 Å². The summed E-state index contributed by atoms with van der Waals surface area (Å²) in [5, 5.41) is 0. The molecule has 0 spiro atoms. The van der Waals surface area contributed by atoms with Crippen molar-refractivity contribution in [2.24, 2.45) is 0 Å². The summed E-state index contributed by atoms with van der Waals surface area (Å²) in [4.78, 5) is 8.66. The first-order valence-electron chi connectivity index (χ1n) is 7.28. The summed E-state index contributed by atoms with van der Waals surface area (Å²) < 4.78 is 0. The summed E-state index contributed by atoms with van der Waals surface area (Å²) >= 11 is 0. The number of nitrogens with two attached hydrogens (primary N) is 1. The predicted octanol–water partition coefficient (Wildman–Crippen LogP) is 3.38. The van der Waals surface area contributed by atoms with Crippen LogP contribution in [0.3, 0.4) is 0 Å². The Bertz CT molecular complexity index is 344. The number of hydrogen-bond acceptors (Lipinski definition) is 4. The summed E-state index contributed by atoms with van der Waals surface area (Å²) in [6.07, 6.45) is 2.28. The molecule has 0 aliphatic rings. The molecule has 0 aromatic carbocycles. The zero-order valence-electron chi connectivity index (χ0n) is 13.4. The van der Waals surface area contributed by atoms with Gasteiger partial charge in [0, 0.05) is 45.0 Å². The van der Waals surface area contributed by atoms with Crippen molar-refractivity contribution in [2.45, 2.75) is 40.5 Å². The highest BCUT2D eigenvalue weighted by molar-refractivity contribution is 5.60. The Hall–Kier alpha value is -1.45. The lowest BCUT2D eigenvalue weighted by Gasteiger charge is -2.25. The van der Waals surface area contributed by atoms with Crippen LogP contribution in [-0.2, 0) is 0 Å². The average Bonchev–Trinajstić information content (AvgIpc) is 2.40. The molecule has 0 atom stereocenters. The van der Waals surface area contributed by atoms with Crippen LogP contribution in [0.1, 0.15) is 40.5 Å². The first kappa shape index (κ1) is 17.6. The van der Waals surface area contributed by atoms with Crippen molar-refractivity contribution < 1.29 is 0 Å². The molecule has 0 saturated carbocycles. The van der Waals surface area contributed by atoms with Crippen molar-refractivity contribution in [3.05, 3.63) is 12.1 Å². The highest BCUT2D eigenvalue weighted by Gasteiger charge is 2.08. The van der Waals surface area contributed by atoms with E-state index in [1.54, 1.807) is 0 Å². The number of nitrogens with zero attached hydrogens (tertiary/aromatic N) is 3. The Kier molecular flexibility index (Phi) is 8.75. The van der Waals surface area contributed by atoms with Crippen molar-refractivity contribution in [1.29, 1.82) is 0 Å². The van der Waals surface area contributed by atoms with Gasteiger partial charge in [-0.15, -0.1) is 0 Å². The van der Waals surface area contributed by atoms with Gasteiger partial charge >= 0.3 is 0 Å². The Morgan fingerprint density at radius 3 is 2.00 bits per heavy atom. The van der Waals surface area contributed by atoms with Gasteiger partial charge < -0.3 is 15.5 Å². The molecule has 0 aliphatic carbocycles. The van der Waals surface area contributed by atoms with Crippen molar-refractivity contribution in [3.8, 4) is 0 Å². The van der Waals surface area contributed by atoms with Gasteiger partial charge in [0.25, 0.3) is 0 Å². The molecule has 0 fully saturated rings. The lowest BCUT2D eigenvalue weighted by molar-refractivity contribution is 0.744. The van der Waals surface area contributed by atoms with Crippen LogP contribution in [-0.4, -0.2) is 32.2 Å². The fourth-order valence-corrected chi connectivity index (χ4v) is 1.84. The largest absolute Gasteiger partial charge is 0.384 e. The van der Waals surface area contributed by atoms with E-state index >= 15 is 0 Å². The van der Waals surface area contributed by atoms with E-state index in [4.69, 9.17) is 5.73 Å². The number of nitrogen functional groups attached to an aromatic ring is 1. The van der Waals surface area contributed by atoms with E-state index in [2.05, 4.69) is 29.8 Å². The molecule has 0 saturated heterocycles.